The lowest BCUT2D eigenvalue weighted by Gasteiger charge is -2.09. The fraction of sp³-hybridized carbons (Fsp3) is 0.200. The van der Waals surface area contributed by atoms with Gasteiger partial charge in [0.1, 0.15) is 0 Å². The number of pyridine rings is 1. The second kappa shape index (κ2) is 7.44. The zero-order valence-corrected chi connectivity index (χ0v) is 18.0. The molecule has 0 atom stereocenters. The summed E-state index contributed by atoms with van der Waals surface area (Å²) in [5.74, 6) is -0.221. The first-order valence-electron chi connectivity index (χ1n) is 8.80. The number of carbonyl (C=O) groups excluding carboxylic acids is 1. The Morgan fingerprint density at radius 2 is 1.96 bits per heavy atom. The van der Waals surface area contributed by atoms with Crippen molar-refractivity contribution in [3.63, 3.8) is 0 Å². The molecule has 0 spiro atoms. The smallest absolute Gasteiger partial charge is 0.259 e. The molecule has 8 heteroatoms. The van der Waals surface area contributed by atoms with Gasteiger partial charge in [-0.1, -0.05) is 28.1 Å². The van der Waals surface area contributed by atoms with E-state index in [-0.39, 0.29) is 11.9 Å². The minimum Gasteiger partial charge on any atom is -0.298 e. The number of aryl methyl sites for hydroxylation is 1. The Labute approximate surface area is 174 Å². The summed E-state index contributed by atoms with van der Waals surface area (Å²) in [6, 6.07) is 9.94. The summed E-state index contributed by atoms with van der Waals surface area (Å²) < 4.78 is 2.87. The van der Waals surface area contributed by atoms with E-state index in [2.05, 4.69) is 50.2 Å². The van der Waals surface area contributed by atoms with Crippen LogP contribution < -0.4 is 5.32 Å². The van der Waals surface area contributed by atoms with Crippen molar-refractivity contribution >= 4 is 49.3 Å². The van der Waals surface area contributed by atoms with Crippen molar-refractivity contribution in [2.45, 2.75) is 26.8 Å². The molecule has 4 aromatic rings. The number of hydrogen-bond donors (Lipinski definition) is 1. The maximum absolute atomic E-state index is 12.8. The van der Waals surface area contributed by atoms with Crippen LogP contribution in [0.2, 0.25) is 0 Å². The first kappa shape index (κ1) is 18.8. The summed E-state index contributed by atoms with van der Waals surface area (Å²) in [4.78, 5) is 21.9. The average molecular weight is 456 g/mol. The number of nitrogens with zero attached hydrogens (tertiary/aromatic N) is 4. The number of hydrogen-bond acceptors (Lipinski definition) is 5. The lowest BCUT2D eigenvalue weighted by atomic mass is 10.1. The van der Waals surface area contributed by atoms with E-state index >= 15 is 0 Å². The van der Waals surface area contributed by atoms with Gasteiger partial charge >= 0.3 is 0 Å². The van der Waals surface area contributed by atoms with Crippen LogP contribution in [0, 0.1) is 6.92 Å². The first-order chi connectivity index (χ1) is 13.4. The van der Waals surface area contributed by atoms with Crippen molar-refractivity contribution in [3.05, 3.63) is 57.6 Å². The number of rotatable bonds is 4. The Hall–Kier alpha value is -2.58. The van der Waals surface area contributed by atoms with E-state index in [1.54, 1.807) is 6.20 Å². The fourth-order valence-electron chi connectivity index (χ4n) is 2.92. The van der Waals surface area contributed by atoms with Crippen LogP contribution in [0.4, 0.5) is 5.13 Å². The van der Waals surface area contributed by atoms with E-state index in [9.17, 15) is 4.79 Å². The highest BCUT2D eigenvalue weighted by Crippen LogP contribution is 2.27. The van der Waals surface area contributed by atoms with Gasteiger partial charge in [-0.05, 0) is 39.0 Å². The van der Waals surface area contributed by atoms with Gasteiger partial charge in [-0.15, -0.1) is 11.3 Å². The van der Waals surface area contributed by atoms with Crippen molar-refractivity contribution in [3.8, 4) is 11.3 Å². The number of carbonyl (C=O) groups is 1. The molecule has 0 bridgehead atoms. The Morgan fingerprint density at radius 1 is 1.21 bits per heavy atom. The van der Waals surface area contributed by atoms with E-state index in [1.165, 1.54) is 11.3 Å². The van der Waals surface area contributed by atoms with Crippen LogP contribution in [-0.2, 0) is 0 Å². The normalized spacial score (nSPS) is 11.3. The summed E-state index contributed by atoms with van der Waals surface area (Å²) >= 11 is 4.83. The van der Waals surface area contributed by atoms with Crippen LogP contribution in [-0.4, -0.2) is 25.7 Å². The minimum absolute atomic E-state index is 0.205. The largest absolute Gasteiger partial charge is 0.298 e. The maximum atomic E-state index is 12.8. The lowest BCUT2D eigenvalue weighted by molar-refractivity contribution is 0.102. The standard InChI is InChI=1S/C20H18BrN5OS/c1-11(2)26-18-14(9-22-26)8-16(12(3)23-18)19(27)25-20-24-17(10-28-20)13-4-6-15(21)7-5-13/h4-11H,1-3H3,(H,24,25,27). The zero-order chi connectivity index (χ0) is 19.8. The third-order valence-corrected chi connectivity index (χ3v) is 5.64. The molecule has 0 radical (unpaired) electrons. The van der Waals surface area contributed by atoms with Crippen LogP contribution in [0.25, 0.3) is 22.3 Å². The summed E-state index contributed by atoms with van der Waals surface area (Å²) in [5, 5.41) is 10.6. The fourth-order valence-corrected chi connectivity index (χ4v) is 3.90. The van der Waals surface area contributed by atoms with Gasteiger partial charge in [-0.2, -0.15) is 5.10 Å². The molecular formula is C20H18BrN5OS. The molecule has 3 heterocycles. The highest BCUT2D eigenvalue weighted by Gasteiger charge is 2.16. The molecule has 3 aromatic heterocycles. The van der Waals surface area contributed by atoms with Crippen LogP contribution >= 0.6 is 27.3 Å². The van der Waals surface area contributed by atoms with Crippen molar-refractivity contribution in [1.82, 2.24) is 19.7 Å². The van der Waals surface area contributed by atoms with Gasteiger partial charge in [0.2, 0.25) is 0 Å². The van der Waals surface area contributed by atoms with E-state index in [1.807, 2.05) is 47.3 Å². The predicted molar refractivity (Wildman–Crippen MR) is 116 cm³/mol. The topological polar surface area (TPSA) is 72.7 Å². The van der Waals surface area contributed by atoms with E-state index < -0.39 is 0 Å². The minimum atomic E-state index is -0.221. The second-order valence-electron chi connectivity index (χ2n) is 6.72. The molecule has 6 nitrogen and oxygen atoms in total. The highest BCUT2D eigenvalue weighted by molar-refractivity contribution is 9.10. The molecule has 0 fully saturated rings. The van der Waals surface area contributed by atoms with Crippen LogP contribution in [0.5, 0.6) is 0 Å². The quantitative estimate of drug-likeness (QED) is 0.443. The van der Waals surface area contributed by atoms with Crippen molar-refractivity contribution in [2.75, 3.05) is 5.32 Å². The number of amides is 1. The van der Waals surface area contributed by atoms with Crippen molar-refractivity contribution in [1.29, 1.82) is 0 Å². The number of fused-ring (bicyclic) bond motifs is 1. The van der Waals surface area contributed by atoms with Gasteiger partial charge in [0, 0.05) is 26.8 Å². The molecule has 1 N–H and O–H groups in total. The van der Waals surface area contributed by atoms with Gasteiger partial charge in [-0.3, -0.25) is 10.1 Å². The Balaban J connectivity index is 1.59. The molecule has 1 aromatic carbocycles. The number of nitrogens with one attached hydrogen (secondary N) is 1. The number of anilines is 1. The maximum Gasteiger partial charge on any atom is 0.259 e. The van der Waals surface area contributed by atoms with E-state index in [0.717, 1.165) is 26.8 Å². The molecule has 0 saturated carbocycles. The first-order valence-corrected chi connectivity index (χ1v) is 10.5. The molecule has 0 aliphatic heterocycles. The van der Waals surface area contributed by atoms with Gasteiger partial charge in [0.05, 0.1) is 23.1 Å². The van der Waals surface area contributed by atoms with Crippen LogP contribution in [0.3, 0.4) is 0 Å². The van der Waals surface area contributed by atoms with Crippen LogP contribution in [0.15, 0.2) is 46.4 Å². The van der Waals surface area contributed by atoms with Gasteiger partial charge < -0.3 is 0 Å². The molecule has 0 unspecified atom stereocenters. The molecule has 0 aliphatic carbocycles. The van der Waals surface area contributed by atoms with E-state index in [0.29, 0.717) is 16.4 Å². The molecular weight excluding hydrogens is 438 g/mol. The molecule has 0 saturated heterocycles. The summed E-state index contributed by atoms with van der Waals surface area (Å²) in [6.07, 6.45) is 1.74. The summed E-state index contributed by atoms with van der Waals surface area (Å²) in [6.45, 7) is 5.94. The third kappa shape index (κ3) is 3.57. The number of benzene rings is 1. The van der Waals surface area contributed by atoms with Gasteiger partial charge in [0.15, 0.2) is 10.8 Å². The molecule has 0 aliphatic rings. The van der Waals surface area contributed by atoms with Gasteiger partial charge in [0.25, 0.3) is 5.91 Å². The summed E-state index contributed by atoms with van der Waals surface area (Å²) in [5.41, 5.74) is 3.81. The number of halogens is 1. The molecule has 142 valence electrons. The van der Waals surface area contributed by atoms with Crippen molar-refractivity contribution in [2.24, 2.45) is 0 Å². The molecule has 28 heavy (non-hydrogen) atoms. The Morgan fingerprint density at radius 3 is 2.68 bits per heavy atom. The third-order valence-electron chi connectivity index (χ3n) is 4.36. The predicted octanol–water partition coefficient (Wildman–Crippen LogP) is 5.46. The lowest BCUT2D eigenvalue weighted by Crippen LogP contribution is -2.14. The monoisotopic (exact) mass is 455 g/mol. The SMILES string of the molecule is Cc1nc2c(cnn2C(C)C)cc1C(=O)Nc1nc(-c2ccc(Br)cc2)cs1. The zero-order valence-electron chi connectivity index (χ0n) is 15.6. The van der Waals surface area contributed by atoms with Crippen molar-refractivity contribution < 1.29 is 4.79 Å². The highest BCUT2D eigenvalue weighted by atomic mass is 79.9. The summed E-state index contributed by atoms with van der Waals surface area (Å²) in [7, 11) is 0. The van der Waals surface area contributed by atoms with E-state index in [4.69, 9.17) is 0 Å². The Bertz CT molecular complexity index is 1160. The van der Waals surface area contributed by atoms with Crippen LogP contribution in [0.1, 0.15) is 35.9 Å². The van der Waals surface area contributed by atoms with Gasteiger partial charge in [-0.25, -0.2) is 14.6 Å². The molecule has 4 rings (SSSR count). The number of aromatic nitrogens is 4. The second-order valence-corrected chi connectivity index (χ2v) is 8.49. The molecule has 1 amide bonds. The number of thiazole rings is 1. The average Bonchev–Trinajstić information content (AvgIpc) is 3.28. The Kier molecular flexibility index (Phi) is 4.99.